The molecular formula is C16H23N5O4. The van der Waals surface area contributed by atoms with Crippen LogP contribution in [0.3, 0.4) is 0 Å². The summed E-state index contributed by atoms with van der Waals surface area (Å²) in [4.78, 5) is 35.8. The highest BCUT2D eigenvalue weighted by molar-refractivity contribution is 5.94. The standard InChI is InChI=1S/C16H23N5O4/c1-10-4-6-19(8-10)14-13(21(23)24)12(15(22)25-3)17-16(18-14)20-7-5-11(2)9-20/h10-11H,4-9H2,1-3H3/t10-,11+/m1/s1. The molecule has 9 nitrogen and oxygen atoms in total. The molecule has 25 heavy (non-hydrogen) atoms. The minimum Gasteiger partial charge on any atom is -0.464 e. The SMILES string of the molecule is COC(=O)c1nc(N2CC[C@H](C)C2)nc(N2CC[C@@H](C)C2)c1[N+](=O)[O-]. The molecule has 0 saturated carbocycles. The molecule has 9 heteroatoms. The Bertz CT molecular complexity index is 695. The van der Waals surface area contributed by atoms with Crippen molar-refractivity contribution >= 4 is 23.4 Å². The number of nitrogens with zero attached hydrogens (tertiary/aromatic N) is 5. The smallest absolute Gasteiger partial charge is 0.364 e. The van der Waals surface area contributed by atoms with Gasteiger partial charge in [-0.1, -0.05) is 13.8 Å². The van der Waals surface area contributed by atoms with Crippen molar-refractivity contribution in [3.63, 3.8) is 0 Å². The second kappa shape index (κ2) is 6.81. The Morgan fingerprint density at radius 2 is 1.76 bits per heavy atom. The van der Waals surface area contributed by atoms with Crippen LogP contribution in [-0.4, -0.2) is 54.1 Å². The van der Waals surface area contributed by atoms with E-state index in [0.717, 1.165) is 25.9 Å². The predicted octanol–water partition coefficient (Wildman–Crippen LogP) is 1.86. The van der Waals surface area contributed by atoms with Gasteiger partial charge in [-0.05, 0) is 24.7 Å². The lowest BCUT2D eigenvalue weighted by molar-refractivity contribution is -0.384. The second-order valence-electron chi connectivity index (χ2n) is 6.97. The quantitative estimate of drug-likeness (QED) is 0.461. The first-order chi connectivity index (χ1) is 11.9. The highest BCUT2D eigenvalue weighted by Crippen LogP contribution is 2.35. The maximum Gasteiger partial charge on any atom is 0.364 e. The van der Waals surface area contributed by atoms with Gasteiger partial charge in [0, 0.05) is 26.2 Å². The Hall–Kier alpha value is -2.45. The van der Waals surface area contributed by atoms with E-state index in [4.69, 9.17) is 4.74 Å². The molecule has 2 aliphatic rings. The zero-order chi connectivity index (χ0) is 18.1. The summed E-state index contributed by atoms with van der Waals surface area (Å²) in [6.07, 6.45) is 1.94. The number of anilines is 2. The van der Waals surface area contributed by atoms with Gasteiger partial charge in [0.05, 0.1) is 12.0 Å². The van der Waals surface area contributed by atoms with Crippen LogP contribution in [0.1, 0.15) is 37.2 Å². The van der Waals surface area contributed by atoms with E-state index >= 15 is 0 Å². The average molecular weight is 349 g/mol. The van der Waals surface area contributed by atoms with Crippen molar-refractivity contribution in [1.29, 1.82) is 0 Å². The van der Waals surface area contributed by atoms with Crippen LogP contribution in [0.5, 0.6) is 0 Å². The lowest BCUT2D eigenvalue weighted by Crippen LogP contribution is -2.28. The third kappa shape index (κ3) is 3.35. The summed E-state index contributed by atoms with van der Waals surface area (Å²) in [6.45, 7) is 7.13. The van der Waals surface area contributed by atoms with Gasteiger partial charge in [0.2, 0.25) is 17.5 Å². The lowest BCUT2D eigenvalue weighted by Gasteiger charge is -2.21. The maximum atomic E-state index is 12.1. The molecule has 3 heterocycles. The summed E-state index contributed by atoms with van der Waals surface area (Å²) in [7, 11) is 1.20. The fourth-order valence-electron chi connectivity index (χ4n) is 3.44. The first-order valence-corrected chi connectivity index (χ1v) is 8.55. The topological polar surface area (TPSA) is 102 Å². The fraction of sp³-hybridized carbons (Fsp3) is 0.688. The number of hydrogen-bond donors (Lipinski definition) is 0. The summed E-state index contributed by atoms with van der Waals surface area (Å²) in [5.41, 5.74) is -0.636. The van der Waals surface area contributed by atoms with Crippen LogP contribution in [-0.2, 0) is 4.74 Å². The van der Waals surface area contributed by atoms with Gasteiger partial charge in [-0.3, -0.25) is 10.1 Å². The van der Waals surface area contributed by atoms with Crippen molar-refractivity contribution in [3.8, 4) is 0 Å². The zero-order valence-electron chi connectivity index (χ0n) is 14.8. The molecular weight excluding hydrogens is 326 g/mol. The zero-order valence-corrected chi connectivity index (χ0v) is 14.8. The van der Waals surface area contributed by atoms with Gasteiger partial charge in [0.1, 0.15) is 0 Å². The Balaban J connectivity index is 2.12. The summed E-state index contributed by atoms with van der Waals surface area (Å²) in [5.74, 6) is 0.697. The summed E-state index contributed by atoms with van der Waals surface area (Å²) >= 11 is 0. The second-order valence-corrected chi connectivity index (χ2v) is 6.97. The number of hydrogen-bond acceptors (Lipinski definition) is 8. The fourth-order valence-corrected chi connectivity index (χ4v) is 3.44. The molecule has 0 unspecified atom stereocenters. The molecule has 0 N–H and O–H groups in total. The maximum absolute atomic E-state index is 12.1. The van der Waals surface area contributed by atoms with E-state index < -0.39 is 10.9 Å². The van der Waals surface area contributed by atoms with Crippen molar-refractivity contribution in [2.45, 2.75) is 26.7 Å². The van der Waals surface area contributed by atoms with Gasteiger partial charge < -0.3 is 14.5 Å². The van der Waals surface area contributed by atoms with Crippen LogP contribution in [0.2, 0.25) is 0 Å². The molecule has 0 amide bonds. The van der Waals surface area contributed by atoms with Gasteiger partial charge in [0.15, 0.2) is 0 Å². The molecule has 0 spiro atoms. The Kier molecular flexibility index (Phi) is 4.73. The van der Waals surface area contributed by atoms with Gasteiger partial charge in [0.25, 0.3) is 0 Å². The minimum atomic E-state index is -0.809. The molecule has 2 atom stereocenters. The van der Waals surface area contributed by atoms with E-state index in [1.54, 1.807) is 0 Å². The van der Waals surface area contributed by atoms with Crippen molar-refractivity contribution in [2.75, 3.05) is 43.1 Å². The molecule has 2 aliphatic heterocycles. The molecule has 1 aromatic heterocycles. The van der Waals surface area contributed by atoms with E-state index in [-0.39, 0.29) is 17.2 Å². The first-order valence-electron chi connectivity index (χ1n) is 8.55. The average Bonchev–Trinajstić information content (AvgIpc) is 3.21. The van der Waals surface area contributed by atoms with Crippen molar-refractivity contribution in [3.05, 3.63) is 15.8 Å². The third-order valence-electron chi connectivity index (χ3n) is 4.85. The van der Waals surface area contributed by atoms with E-state index in [1.165, 1.54) is 7.11 Å². The van der Waals surface area contributed by atoms with Gasteiger partial charge in [-0.15, -0.1) is 0 Å². The highest BCUT2D eigenvalue weighted by Gasteiger charge is 2.36. The number of aromatic nitrogens is 2. The summed E-state index contributed by atoms with van der Waals surface area (Å²) in [5, 5.41) is 11.7. The predicted molar refractivity (Wildman–Crippen MR) is 92.0 cm³/mol. The minimum absolute atomic E-state index is 0.222. The van der Waals surface area contributed by atoms with Crippen molar-refractivity contribution < 1.29 is 14.5 Å². The highest BCUT2D eigenvalue weighted by atomic mass is 16.6. The number of rotatable bonds is 4. The number of carbonyl (C=O) groups excluding carboxylic acids is 1. The first kappa shape index (κ1) is 17.4. The Morgan fingerprint density at radius 3 is 2.24 bits per heavy atom. The van der Waals surface area contributed by atoms with Crippen LogP contribution < -0.4 is 9.80 Å². The molecule has 0 radical (unpaired) electrons. The number of esters is 1. The van der Waals surface area contributed by atoms with E-state index in [9.17, 15) is 14.9 Å². The molecule has 3 rings (SSSR count). The van der Waals surface area contributed by atoms with Crippen molar-refractivity contribution in [2.24, 2.45) is 11.8 Å². The molecule has 0 aliphatic carbocycles. The molecule has 2 fully saturated rings. The summed E-state index contributed by atoms with van der Waals surface area (Å²) < 4.78 is 4.73. The largest absolute Gasteiger partial charge is 0.464 e. The van der Waals surface area contributed by atoms with Crippen LogP contribution in [0, 0.1) is 22.0 Å². The van der Waals surface area contributed by atoms with E-state index in [2.05, 4.69) is 23.8 Å². The van der Waals surface area contributed by atoms with Gasteiger partial charge in [-0.2, -0.15) is 9.97 Å². The van der Waals surface area contributed by atoms with Crippen LogP contribution in [0.15, 0.2) is 0 Å². The van der Waals surface area contributed by atoms with E-state index in [0.29, 0.717) is 30.9 Å². The number of carbonyl (C=O) groups is 1. The molecule has 2 saturated heterocycles. The molecule has 1 aromatic rings. The van der Waals surface area contributed by atoms with Crippen LogP contribution in [0.25, 0.3) is 0 Å². The monoisotopic (exact) mass is 349 g/mol. The van der Waals surface area contributed by atoms with Crippen LogP contribution >= 0.6 is 0 Å². The number of methoxy groups -OCH3 is 1. The molecule has 0 bridgehead atoms. The van der Waals surface area contributed by atoms with E-state index in [1.807, 2.05) is 9.80 Å². The molecule has 136 valence electrons. The number of nitro groups is 1. The summed E-state index contributed by atoms with van der Waals surface area (Å²) in [6, 6.07) is 0. The van der Waals surface area contributed by atoms with Gasteiger partial charge >= 0.3 is 11.7 Å². The van der Waals surface area contributed by atoms with Gasteiger partial charge in [-0.25, -0.2) is 4.79 Å². The number of ether oxygens (including phenoxy) is 1. The Labute approximate surface area is 146 Å². The van der Waals surface area contributed by atoms with Crippen LogP contribution in [0.4, 0.5) is 17.5 Å². The Morgan fingerprint density at radius 1 is 1.16 bits per heavy atom. The van der Waals surface area contributed by atoms with Crippen molar-refractivity contribution in [1.82, 2.24) is 9.97 Å². The normalized spacial score (nSPS) is 23.2. The lowest BCUT2D eigenvalue weighted by atomic mass is 10.2. The molecule has 0 aromatic carbocycles. The third-order valence-corrected chi connectivity index (χ3v) is 4.85.